The van der Waals surface area contributed by atoms with Crippen LogP contribution in [0.4, 0.5) is 5.82 Å². The monoisotopic (exact) mass is 265 g/mol. The number of nitrogens with zero attached hydrogens (tertiary/aromatic N) is 4. The standard InChI is InChI=1S/C14H27N5/c1-6-7-19(9-8-18(4)5)11-14-16-12(2)10-13(15-3)17-14/h10H,6-9,11H2,1-5H3,(H,15,16,17). The molecule has 5 heteroatoms. The van der Waals surface area contributed by atoms with Crippen LogP contribution in [0.25, 0.3) is 0 Å². The molecule has 5 nitrogen and oxygen atoms in total. The van der Waals surface area contributed by atoms with Crippen molar-refractivity contribution in [3.05, 3.63) is 17.6 Å². The Morgan fingerprint density at radius 3 is 2.47 bits per heavy atom. The zero-order valence-corrected chi connectivity index (χ0v) is 12.9. The minimum absolute atomic E-state index is 0.818. The largest absolute Gasteiger partial charge is 0.373 e. The van der Waals surface area contributed by atoms with Crippen molar-refractivity contribution in [2.75, 3.05) is 46.1 Å². The zero-order valence-electron chi connectivity index (χ0n) is 12.9. The normalized spacial score (nSPS) is 11.3. The van der Waals surface area contributed by atoms with E-state index < -0.39 is 0 Å². The molecule has 1 heterocycles. The number of rotatable bonds is 8. The third kappa shape index (κ3) is 5.98. The lowest BCUT2D eigenvalue weighted by Gasteiger charge is -2.23. The second-order valence-corrected chi connectivity index (χ2v) is 5.14. The van der Waals surface area contributed by atoms with Crippen molar-refractivity contribution >= 4 is 5.82 Å². The molecule has 0 spiro atoms. The quantitative estimate of drug-likeness (QED) is 0.773. The molecule has 0 aromatic carbocycles. The van der Waals surface area contributed by atoms with Crippen LogP contribution >= 0.6 is 0 Å². The molecule has 0 radical (unpaired) electrons. The van der Waals surface area contributed by atoms with Gasteiger partial charge in [0.15, 0.2) is 0 Å². The fourth-order valence-electron chi connectivity index (χ4n) is 1.96. The van der Waals surface area contributed by atoms with Crippen molar-refractivity contribution in [2.45, 2.75) is 26.8 Å². The van der Waals surface area contributed by atoms with Gasteiger partial charge in [-0.1, -0.05) is 6.92 Å². The van der Waals surface area contributed by atoms with Crippen molar-refractivity contribution in [1.29, 1.82) is 0 Å². The molecule has 0 saturated heterocycles. The van der Waals surface area contributed by atoms with Gasteiger partial charge in [-0.15, -0.1) is 0 Å². The summed E-state index contributed by atoms with van der Waals surface area (Å²) in [5.41, 5.74) is 1.01. The summed E-state index contributed by atoms with van der Waals surface area (Å²) in [5.74, 6) is 1.79. The molecule has 0 unspecified atom stereocenters. The van der Waals surface area contributed by atoms with E-state index in [1.54, 1.807) is 0 Å². The van der Waals surface area contributed by atoms with Crippen LogP contribution < -0.4 is 5.32 Å². The molecule has 1 N–H and O–H groups in total. The Kier molecular flexibility index (Phi) is 6.73. The number of likely N-dealkylation sites (N-methyl/N-ethyl adjacent to an activating group) is 1. The van der Waals surface area contributed by atoms with Crippen molar-refractivity contribution in [2.24, 2.45) is 0 Å². The maximum absolute atomic E-state index is 4.52. The molecule has 0 atom stereocenters. The molecule has 1 rings (SSSR count). The van der Waals surface area contributed by atoms with Crippen LogP contribution in [0.15, 0.2) is 6.07 Å². The van der Waals surface area contributed by atoms with Gasteiger partial charge in [0.1, 0.15) is 11.6 Å². The molecule has 108 valence electrons. The number of hydrogen-bond donors (Lipinski definition) is 1. The van der Waals surface area contributed by atoms with Gasteiger partial charge in [-0.3, -0.25) is 4.90 Å². The number of anilines is 1. The van der Waals surface area contributed by atoms with Crippen molar-refractivity contribution in [3.63, 3.8) is 0 Å². The Labute approximate surface area is 117 Å². The Bertz CT molecular complexity index is 378. The first-order chi connectivity index (χ1) is 9.05. The highest BCUT2D eigenvalue weighted by molar-refractivity contribution is 5.34. The Hall–Kier alpha value is -1.20. The number of hydrogen-bond acceptors (Lipinski definition) is 5. The minimum Gasteiger partial charge on any atom is -0.373 e. The summed E-state index contributed by atoms with van der Waals surface area (Å²) in [5, 5.41) is 3.09. The van der Waals surface area contributed by atoms with E-state index in [-0.39, 0.29) is 0 Å². The van der Waals surface area contributed by atoms with Crippen LogP contribution in [-0.2, 0) is 6.54 Å². The molecular weight excluding hydrogens is 238 g/mol. The van der Waals surface area contributed by atoms with Crippen LogP contribution in [0.2, 0.25) is 0 Å². The summed E-state index contributed by atoms with van der Waals surface area (Å²) in [6, 6.07) is 1.97. The van der Waals surface area contributed by atoms with Gasteiger partial charge in [-0.05, 0) is 34.0 Å². The number of aryl methyl sites for hydroxylation is 1. The summed E-state index contributed by atoms with van der Waals surface area (Å²) in [7, 11) is 6.10. The molecule has 1 aromatic heterocycles. The van der Waals surface area contributed by atoms with Crippen LogP contribution in [-0.4, -0.2) is 60.5 Å². The third-order valence-electron chi connectivity index (χ3n) is 2.92. The molecule has 0 amide bonds. The smallest absolute Gasteiger partial charge is 0.144 e. The van der Waals surface area contributed by atoms with E-state index in [1.807, 2.05) is 20.0 Å². The molecule has 0 saturated carbocycles. The van der Waals surface area contributed by atoms with Crippen molar-refractivity contribution in [1.82, 2.24) is 19.8 Å². The predicted octanol–water partition coefficient (Wildman–Crippen LogP) is 1.60. The third-order valence-corrected chi connectivity index (χ3v) is 2.92. The maximum atomic E-state index is 4.52. The summed E-state index contributed by atoms with van der Waals surface area (Å²) in [6.07, 6.45) is 1.15. The first-order valence-corrected chi connectivity index (χ1v) is 6.94. The van der Waals surface area contributed by atoms with Crippen molar-refractivity contribution in [3.8, 4) is 0 Å². The van der Waals surface area contributed by atoms with E-state index in [0.717, 1.165) is 49.9 Å². The lowest BCUT2D eigenvalue weighted by atomic mass is 10.3. The molecule has 0 aliphatic carbocycles. The first kappa shape index (κ1) is 15.9. The molecule has 0 bridgehead atoms. The molecule has 0 fully saturated rings. The molecule has 19 heavy (non-hydrogen) atoms. The van der Waals surface area contributed by atoms with E-state index >= 15 is 0 Å². The van der Waals surface area contributed by atoms with Gasteiger partial charge in [0.2, 0.25) is 0 Å². The SMILES string of the molecule is CCCN(CCN(C)C)Cc1nc(C)cc(NC)n1. The molecule has 0 aliphatic heterocycles. The van der Waals surface area contributed by atoms with E-state index in [9.17, 15) is 0 Å². The van der Waals surface area contributed by atoms with Crippen LogP contribution in [0, 0.1) is 6.92 Å². The second kappa shape index (κ2) is 8.07. The fourth-order valence-corrected chi connectivity index (χ4v) is 1.96. The average Bonchev–Trinajstić information content (AvgIpc) is 2.35. The van der Waals surface area contributed by atoms with Gasteiger partial charge >= 0.3 is 0 Å². The van der Waals surface area contributed by atoms with Gasteiger partial charge in [0.05, 0.1) is 6.54 Å². The zero-order chi connectivity index (χ0) is 14.3. The van der Waals surface area contributed by atoms with Crippen LogP contribution in [0.3, 0.4) is 0 Å². The summed E-state index contributed by atoms with van der Waals surface area (Å²) >= 11 is 0. The lowest BCUT2D eigenvalue weighted by Crippen LogP contribution is -2.32. The molecule has 1 aromatic rings. The van der Waals surface area contributed by atoms with Crippen LogP contribution in [0.5, 0.6) is 0 Å². The maximum Gasteiger partial charge on any atom is 0.144 e. The second-order valence-electron chi connectivity index (χ2n) is 5.14. The summed E-state index contributed by atoms with van der Waals surface area (Å²) in [4.78, 5) is 13.7. The van der Waals surface area contributed by atoms with Gasteiger partial charge in [-0.2, -0.15) is 0 Å². The van der Waals surface area contributed by atoms with Gasteiger partial charge in [0.25, 0.3) is 0 Å². The Morgan fingerprint density at radius 1 is 1.16 bits per heavy atom. The van der Waals surface area contributed by atoms with E-state index in [2.05, 4.69) is 46.1 Å². The predicted molar refractivity (Wildman–Crippen MR) is 80.4 cm³/mol. The van der Waals surface area contributed by atoms with Gasteiger partial charge in [-0.25, -0.2) is 9.97 Å². The van der Waals surface area contributed by atoms with E-state index in [1.165, 1.54) is 0 Å². The van der Waals surface area contributed by atoms with Gasteiger partial charge < -0.3 is 10.2 Å². The highest BCUT2D eigenvalue weighted by atomic mass is 15.2. The average molecular weight is 265 g/mol. The summed E-state index contributed by atoms with van der Waals surface area (Å²) < 4.78 is 0. The fraction of sp³-hybridized carbons (Fsp3) is 0.714. The Morgan fingerprint density at radius 2 is 1.89 bits per heavy atom. The van der Waals surface area contributed by atoms with Crippen LogP contribution in [0.1, 0.15) is 24.9 Å². The van der Waals surface area contributed by atoms with Crippen molar-refractivity contribution < 1.29 is 0 Å². The number of aromatic nitrogens is 2. The molecule has 0 aliphatic rings. The highest BCUT2D eigenvalue weighted by Gasteiger charge is 2.09. The summed E-state index contributed by atoms with van der Waals surface area (Å²) in [6.45, 7) is 8.23. The Balaban J connectivity index is 2.69. The molecular formula is C14H27N5. The number of nitrogens with one attached hydrogen (secondary N) is 1. The topological polar surface area (TPSA) is 44.3 Å². The first-order valence-electron chi connectivity index (χ1n) is 6.94. The van der Waals surface area contributed by atoms with E-state index in [0.29, 0.717) is 0 Å². The lowest BCUT2D eigenvalue weighted by molar-refractivity contribution is 0.229. The van der Waals surface area contributed by atoms with E-state index in [4.69, 9.17) is 0 Å². The van der Waals surface area contributed by atoms with Gasteiger partial charge in [0, 0.05) is 31.9 Å². The highest BCUT2D eigenvalue weighted by Crippen LogP contribution is 2.08. The minimum atomic E-state index is 0.818.